The van der Waals surface area contributed by atoms with Crippen LogP contribution in [0.3, 0.4) is 0 Å². The summed E-state index contributed by atoms with van der Waals surface area (Å²) in [5.74, 6) is 0. The first-order valence-electron chi connectivity index (χ1n) is 5.99. The number of nitro groups is 1. The summed E-state index contributed by atoms with van der Waals surface area (Å²) < 4.78 is 2.34. The smallest absolute Gasteiger partial charge is 0.260 e. The van der Waals surface area contributed by atoms with Gasteiger partial charge < -0.3 is 0 Å². The number of fused-ring (bicyclic) bond motifs is 1. The van der Waals surface area contributed by atoms with Crippen LogP contribution >= 0.6 is 15.9 Å². The molecule has 0 saturated heterocycles. The van der Waals surface area contributed by atoms with Crippen LogP contribution in [0.25, 0.3) is 10.9 Å². The fraction of sp³-hybridized carbons (Fsp3) is 0.0714. The molecule has 0 N–H and O–H groups in total. The van der Waals surface area contributed by atoms with E-state index in [1.165, 1.54) is 6.07 Å². The molecule has 6 heteroatoms. The molecule has 0 atom stereocenters. The molecule has 20 heavy (non-hydrogen) atoms. The van der Waals surface area contributed by atoms with Crippen molar-refractivity contribution in [3.63, 3.8) is 0 Å². The second-order valence-electron chi connectivity index (χ2n) is 4.37. The van der Waals surface area contributed by atoms with Gasteiger partial charge in [-0.15, -0.1) is 0 Å². The van der Waals surface area contributed by atoms with Crippen molar-refractivity contribution in [3.05, 3.63) is 68.8 Å². The van der Waals surface area contributed by atoms with E-state index in [-0.39, 0.29) is 5.69 Å². The van der Waals surface area contributed by atoms with Crippen molar-refractivity contribution < 1.29 is 4.92 Å². The summed E-state index contributed by atoms with van der Waals surface area (Å²) in [6.07, 6.45) is 1.79. The first kappa shape index (κ1) is 12.8. The number of nitrogens with zero attached hydrogens (tertiary/aromatic N) is 3. The van der Waals surface area contributed by atoms with Gasteiger partial charge in [0.1, 0.15) is 4.47 Å². The van der Waals surface area contributed by atoms with Gasteiger partial charge in [0.2, 0.25) is 0 Å². The highest BCUT2D eigenvalue weighted by Gasteiger charge is 2.15. The number of rotatable bonds is 3. The Morgan fingerprint density at radius 2 is 2.00 bits per heavy atom. The second kappa shape index (κ2) is 5.05. The van der Waals surface area contributed by atoms with Crippen LogP contribution in [0.15, 0.2) is 53.1 Å². The van der Waals surface area contributed by atoms with Crippen LogP contribution in [0.1, 0.15) is 5.56 Å². The van der Waals surface area contributed by atoms with Crippen molar-refractivity contribution in [2.45, 2.75) is 6.54 Å². The lowest BCUT2D eigenvalue weighted by molar-refractivity contribution is -0.385. The maximum Gasteiger partial charge on any atom is 0.283 e. The summed E-state index contributed by atoms with van der Waals surface area (Å²) in [7, 11) is 0. The van der Waals surface area contributed by atoms with Gasteiger partial charge in [-0.05, 0) is 27.6 Å². The van der Waals surface area contributed by atoms with Gasteiger partial charge in [0.25, 0.3) is 5.69 Å². The highest BCUT2D eigenvalue weighted by Crippen LogP contribution is 2.29. The van der Waals surface area contributed by atoms with E-state index in [2.05, 4.69) is 21.0 Å². The van der Waals surface area contributed by atoms with Gasteiger partial charge in [-0.2, -0.15) is 5.10 Å². The molecule has 0 radical (unpaired) electrons. The third-order valence-electron chi connectivity index (χ3n) is 3.13. The molecular weight excluding hydrogens is 322 g/mol. The normalized spacial score (nSPS) is 10.8. The third kappa shape index (κ3) is 2.18. The molecule has 0 bridgehead atoms. The Morgan fingerprint density at radius 1 is 1.20 bits per heavy atom. The van der Waals surface area contributed by atoms with Gasteiger partial charge in [0.05, 0.1) is 23.2 Å². The minimum atomic E-state index is -0.394. The maximum absolute atomic E-state index is 10.9. The molecule has 2 aromatic carbocycles. The van der Waals surface area contributed by atoms with Crippen molar-refractivity contribution in [3.8, 4) is 0 Å². The van der Waals surface area contributed by atoms with E-state index in [1.54, 1.807) is 12.3 Å². The van der Waals surface area contributed by atoms with E-state index in [0.29, 0.717) is 11.0 Å². The molecule has 100 valence electrons. The van der Waals surface area contributed by atoms with Gasteiger partial charge in [-0.3, -0.25) is 14.8 Å². The number of halogens is 1. The maximum atomic E-state index is 10.9. The number of aromatic nitrogens is 2. The SMILES string of the molecule is O=[N+]([O-])c1cccc(Cn2ncc3ccccc32)c1Br. The first-order valence-corrected chi connectivity index (χ1v) is 6.78. The predicted octanol–water partition coefficient (Wildman–Crippen LogP) is 3.76. The van der Waals surface area contributed by atoms with E-state index in [1.807, 2.05) is 35.0 Å². The van der Waals surface area contributed by atoms with Gasteiger partial charge in [0, 0.05) is 11.5 Å². The zero-order chi connectivity index (χ0) is 14.1. The topological polar surface area (TPSA) is 61.0 Å². The Balaban J connectivity index is 2.03. The quantitative estimate of drug-likeness (QED) is 0.542. The lowest BCUT2D eigenvalue weighted by atomic mass is 10.2. The molecule has 0 unspecified atom stereocenters. The lowest BCUT2D eigenvalue weighted by Crippen LogP contribution is -2.03. The molecule has 3 aromatic rings. The van der Waals surface area contributed by atoms with E-state index in [4.69, 9.17) is 0 Å². The average Bonchev–Trinajstić information content (AvgIpc) is 2.84. The van der Waals surface area contributed by atoms with Gasteiger partial charge in [-0.25, -0.2) is 0 Å². The Bertz CT molecular complexity index is 798. The molecule has 0 amide bonds. The van der Waals surface area contributed by atoms with E-state index < -0.39 is 4.92 Å². The molecule has 1 heterocycles. The number of nitro benzene ring substituents is 1. The molecular formula is C14H10BrN3O2. The lowest BCUT2D eigenvalue weighted by Gasteiger charge is -2.06. The zero-order valence-electron chi connectivity index (χ0n) is 10.4. The number of para-hydroxylation sites is 1. The Hall–Kier alpha value is -2.21. The molecule has 0 aliphatic rings. The van der Waals surface area contributed by atoms with Gasteiger partial charge in [0.15, 0.2) is 0 Å². The molecule has 5 nitrogen and oxygen atoms in total. The first-order chi connectivity index (χ1) is 9.66. The van der Waals surface area contributed by atoms with Crippen molar-refractivity contribution in [1.82, 2.24) is 9.78 Å². The third-order valence-corrected chi connectivity index (χ3v) is 4.04. The van der Waals surface area contributed by atoms with Gasteiger partial charge >= 0.3 is 0 Å². The van der Waals surface area contributed by atoms with Crippen LogP contribution in [-0.4, -0.2) is 14.7 Å². The summed E-state index contributed by atoms with van der Waals surface area (Å²) in [6.45, 7) is 0.482. The average molecular weight is 332 g/mol. The molecule has 3 rings (SSSR count). The molecule has 1 aromatic heterocycles. The summed E-state index contributed by atoms with van der Waals surface area (Å²) in [4.78, 5) is 10.5. The second-order valence-corrected chi connectivity index (χ2v) is 5.16. The van der Waals surface area contributed by atoms with E-state index in [0.717, 1.165) is 16.5 Å². The summed E-state index contributed by atoms with van der Waals surface area (Å²) in [5, 5.41) is 16.3. The highest BCUT2D eigenvalue weighted by atomic mass is 79.9. The fourth-order valence-corrected chi connectivity index (χ4v) is 2.68. The van der Waals surface area contributed by atoms with Crippen LogP contribution in [0, 0.1) is 10.1 Å². The monoisotopic (exact) mass is 331 g/mol. The minimum Gasteiger partial charge on any atom is -0.260 e. The van der Waals surface area contributed by atoms with Crippen LogP contribution in [0.4, 0.5) is 5.69 Å². The minimum absolute atomic E-state index is 0.0685. The zero-order valence-corrected chi connectivity index (χ0v) is 11.9. The van der Waals surface area contributed by atoms with Crippen LogP contribution < -0.4 is 0 Å². The van der Waals surface area contributed by atoms with Crippen molar-refractivity contribution in [1.29, 1.82) is 0 Å². The van der Waals surface area contributed by atoms with Crippen molar-refractivity contribution in [2.24, 2.45) is 0 Å². The molecule has 0 saturated carbocycles. The largest absolute Gasteiger partial charge is 0.283 e. The van der Waals surface area contributed by atoms with Crippen molar-refractivity contribution in [2.75, 3.05) is 0 Å². The molecule has 0 spiro atoms. The summed E-state index contributed by atoms with van der Waals surface area (Å²) >= 11 is 3.31. The number of hydrogen-bond acceptors (Lipinski definition) is 3. The van der Waals surface area contributed by atoms with Gasteiger partial charge in [-0.1, -0.05) is 30.3 Å². The Kier molecular flexibility index (Phi) is 3.23. The van der Waals surface area contributed by atoms with Crippen LogP contribution in [0.2, 0.25) is 0 Å². The fourth-order valence-electron chi connectivity index (χ4n) is 2.14. The molecule has 0 aliphatic heterocycles. The van der Waals surface area contributed by atoms with Crippen LogP contribution in [0.5, 0.6) is 0 Å². The molecule has 0 aliphatic carbocycles. The molecule has 0 fully saturated rings. The standard InChI is InChI=1S/C14H10BrN3O2/c15-14-11(5-3-7-13(14)18(19)20)9-17-12-6-2-1-4-10(12)8-16-17/h1-8H,9H2. The number of hydrogen-bond donors (Lipinski definition) is 0. The summed E-state index contributed by atoms with van der Waals surface area (Å²) in [6, 6.07) is 12.9. The van der Waals surface area contributed by atoms with Crippen LogP contribution in [-0.2, 0) is 6.54 Å². The van der Waals surface area contributed by atoms with E-state index >= 15 is 0 Å². The highest BCUT2D eigenvalue weighted by molar-refractivity contribution is 9.10. The predicted molar refractivity (Wildman–Crippen MR) is 79.6 cm³/mol. The van der Waals surface area contributed by atoms with E-state index in [9.17, 15) is 10.1 Å². The Labute approximate surface area is 123 Å². The number of benzene rings is 2. The van der Waals surface area contributed by atoms with Crippen molar-refractivity contribution >= 4 is 32.5 Å². The Morgan fingerprint density at radius 3 is 2.80 bits per heavy atom. The summed E-state index contributed by atoms with van der Waals surface area (Å²) in [5.41, 5.74) is 1.90.